The molecule has 1 aromatic rings. The van der Waals surface area contributed by atoms with E-state index in [2.05, 4.69) is 12.6 Å². The number of carbonyl (C=O) groups is 1. The standard InChI is InChI=1S/C16H20BFO3S/c1-15(2)16(3,4)21-17(20-15)12(10-22)8-13-11(9-19)6-5-7-14(13)18/h5-9,22H,10H2,1-4H3. The van der Waals surface area contributed by atoms with Gasteiger partial charge in [-0.2, -0.15) is 12.6 Å². The quantitative estimate of drug-likeness (QED) is 0.523. The molecule has 0 atom stereocenters. The molecule has 2 rings (SSSR count). The van der Waals surface area contributed by atoms with E-state index in [1.165, 1.54) is 12.1 Å². The summed E-state index contributed by atoms with van der Waals surface area (Å²) in [5.74, 6) is -0.121. The summed E-state index contributed by atoms with van der Waals surface area (Å²) < 4.78 is 25.9. The summed E-state index contributed by atoms with van der Waals surface area (Å²) in [4.78, 5) is 11.1. The van der Waals surface area contributed by atoms with Gasteiger partial charge in [0.1, 0.15) is 5.82 Å². The minimum Gasteiger partial charge on any atom is -0.400 e. The molecule has 1 fully saturated rings. The van der Waals surface area contributed by atoms with Gasteiger partial charge < -0.3 is 9.31 Å². The highest BCUT2D eigenvalue weighted by molar-refractivity contribution is 7.80. The van der Waals surface area contributed by atoms with Crippen LogP contribution in [0.4, 0.5) is 4.39 Å². The number of halogens is 1. The highest BCUT2D eigenvalue weighted by Gasteiger charge is 2.52. The van der Waals surface area contributed by atoms with Crippen molar-refractivity contribution in [2.45, 2.75) is 38.9 Å². The maximum Gasteiger partial charge on any atom is 0.491 e. The zero-order valence-corrected chi connectivity index (χ0v) is 14.1. The van der Waals surface area contributed by atoms with Crippen molar-refractivity contribution in [1.29, 1.82) is 0 Å². The first kappa shape index (κ1) is 17.3. The molecule has 0 radical (unpaired) electrons. The zero-order chi connectivity index (χ0) is 16.5. The summed E-state index contributed by atoms with van der Waals surface area (Å²) in [6.07, 6.45) is 2.23. The fourth-order valence-electron chi connectivity index (χ4n) is 2.18. The van der Waals surface area contributed by atoms with Crippen LogP contribution in [0.5, 0.6) is 0 Å². The maximum absolute atomic E-state index is 14.0. The molecule has 0 N–H and O–H groups in total. The monoisotopic (exact) mass is 322 g/mol. The highest BCUT2D eigenvalue weighted by Crippen LogP contribution is 2.39. The molecule has 0 aromatic heterocycles. The Labute approximate surface area is 136 Å². The third kappa shape index (κ3) is 3.14. The van der Waals surface area contributed by atoms with Crippen molar-refractivity contribution in [3.8, 4) is 0 Å². The number of benzene rings is 1. The second-order valence-electron chi connectivity index (χ2n) is 6.33. The van der Waals surface area contributed by atoms with E-state index in [1.54, 1.807) is 12.1 Å². The van der Waals surface area contributed by atoms with Crippen LogP contribution < -0.4 is 0 Å². The van der Waals surface area contributed by atoms with Crippen molar-refractivity contribution >= 4 is 32.1 Å². The summed E-state index contributed by atoms with van der Waals surface area (Å²) in [5, 5.41) is 0. The van der Waals surface area contributed by atoms with Gasteiger partial charge in [-0.15, -0.1) is 0 Å². The third-order valence-electron chi connectivity index (χ3n) is 4.28. The Bertz CT molecular complexity index is 597. The minimum atomic E-state index is -0.610. The molecule has 1 aliphatic heterocycles. The largest absolute Gasteiger partial charge is 0.491 e. The first-order chi connectivity index (χ1) is 10.2. The lowest BCUT2D eigenvalue weighted by Crippen LogP contribution is -2.41. The summed E-state index contributed by atoms with van der Waals surface area (Å²) >= 11 is 4.29. The Kier molecular flexibility index (Phi) is 4.85. The van der Waals surface area contributed by atoms with E-state index in [0.29, 0.717) is 17.5 Å². The second kappa shape index (κ2) is 6.18. The third-order valence-corrected chi connectivity index (χ3v) is 4.65. The number of rotatable bonds is 4. The summed E-state index contributed by atoms with van der Waals surface area (Å²) in [5.41, 5.74) is 0.229. The molecule has 1 saturated heterocycles. The first-order valence-electron chi connectivity index (χ1n) is 7.12. The Hall–Kier alpha value is -1.11. The Morgan fingerprint density at radius 2 is 1.86 bits per heavy atom. The van der Waals surface area contributed by atoms with Crippen LogP contribution in [0, 0.1) is 5.82 Å². The lowest BCUT2D eigenvalue weighted by molar-refractivity contribution is 0.00578. The highest BCUT2D eigenvalue weighted by atomic mass is 32.1. The SMILES string of the molecule is CC1(C)OB(C(=Cc2c(F)cccc2C=O)CS)OC1(C)C. The van der Waals surface area contributed by atoms with E-state index in [9.17, 15) is 9.18 Å². The zero-order valence-electron chi connectivity index (χ0n) is 13.2. The topological polar surface area (TPSA) is 35.5 Å². The molecule has 0 unspecified atom stereocenters. The molecule has 0 bridgehead atoms. The van der Waals surface area contributed by atoms with E-state index in [0.717, 1.165) is 0 Å². The summed E-state index contributed by atoms with van der Waals surface area (Å²) in [6.45, 7) is 7.79. The number of aldehydes is 1. The van der Waals surface area contributed by atoms with Gasteiger partial charge in [0.2, 0.25) is 0 Å². The first-order valence-corrected chi connectivity index (χ1v) is 7.76. The average molecular weight is 322 g/mol. The predicted molar refractivity (Wildman–Crippen MR) is 89.7 cm³/mol. The van der Waals surface area contributed by atoms with E-state index >= 15 is 0 Å². The molecular weight excluding hydrogens is 302 g/mol. The van der Waals surface area contributed by atoms with Crippen LogP contribution in [-0.2, 0) is 9.31 Å². The molecule has 1 aromatic carbocycles. The lowest BCUT2D eigenvalue weighted by atomic mass is 9.78. The van der Waals surface area contributed by atoms with Gasteiger partial charge in [-0.05, 0) is 39.2 Å². The van der Waals surface area contributed by atoms with E-state index in [1.807, 2.05) is 27.7 Å². The Morgan fingerprint density at radius 3 is 2.36 bits per heavy atom. The maximum atomic E-state index is 14.0. The summed E-state index contributed by atoms with van der Waals surface area (Å²) in [6, 6.07) is 4.40. The normalized spacial score (nSPS) is 20.3. The fourth-order valence-corrected chi connectivity index (χ4v) is 2.42. The van der Waals surface area contributed by atoms with Crippen LogP contribution in [0.15, 0.2) is 23.7 Å². The number of hydrogen-bond donors (Lipinski definition) is 1. The molecule has 1 aliphatic rings. The second-order valence-corrected chi connectivity index (χ2v) is 6.64. The lowest BCUT2D eigenvalue weighted by Gasteiger charge is -2.32. The Morgan fingerprint density at radius 1 is 1.27 bits per heavy atom. The number of carbonyl (C=O) groups excluding carboxylic acids is 1. The van der Waals surface area contributed by atoms with Crippen molar-refractivity contribution in [3.63, 3.8) is 0 Å². The van der Waals surface area contributed by atoms with Gasteiger partial charge in [0.05, 0.1) is 11.2 Å². The molecule has 0 aliphatic carbocycles. The van der Waals surface area contributed by atoms with Crippen LogP contribution >= 0.6 is 12.6 Å². The van der Waals surface area contributed by atoms with Crippen LogP contribution in [-0.4, -0.2) is 30.4 Å². The van der Waals surface area contributed by atoms with Crippen molar-refractivity contribution in [3.05, 3.63) is 40.6 Å². The molecule has 3 nitrogen and oxygen atoms in total. The van der Waals surface area contributed by atoms with Gasteiger partial charge in [-0.25, -0.2) is 4.39 Å². The van der Waals surface area contributed by atoms with E-state index < -0.39 is 24.1 Å². The smallest absolute Gasteiger partial charge is 0.400 e. The van der Waals surface area contributed by atoms with Gasteiger partial charge in [-0.3, -0.25) is 4.79 Å². The molecular formula is C16H20BFO3S. The van der Waals surface area contributed by atoms with E-state index in [4.69, 9.17) is 9.31 Å². The molecule has 1 heterocycles. The van der Waals surface area contributed by atoms with Gasteiger partial charge >= 0.3 is 7.12 Å². The van der Waals surface area contributed by atoms with Gasteiger partial charge in [-0.1, -0.05) is 18.2 Å². The van der Waals surface area contributed by atoms with Crippen molar-refractivity contribution < 1.29 is 18.5 Å². The van der Waals surface area contributed by atoms with Crippen molar-refractivity contribution in [2.24, 2.45) is 0 Å². The molecule has 0 spiro atoms. The van der Waals surface area contributed by atoms with Crippen LogP contribution in [0.25, 0.3) is 6.08 Å². The summed E-state index contributed by atoms with van der Waals surface area (Å²) in [7, 11) is -0.610. The van der Waals surface area contributed by atoms with E-state index in [-0.39, 0.29) is 11.1 Å². The van der Waals surface area contributed by atoms with Crippen LogP contribution in [0.3, 0.4) is 0 Å². The van der Waals surface area contributed by atoms with Crippen LogP contribution in [0.1, 0.15) is 43.6 Å². The van der Waals surface area contributed by atoms with Gasteiger partial charge in [0.15, 0.2) is 6.29 Å². The number of thiol groups is 1. The molecule has 0 saturated carbocycles. The molecule has 0 amide bonds. The molecule has 6 heteroatoms. The van der Waals surface area contributed by atoms with Crippen molar-refractivity contribution in [2.75, 3.05) is 5.75 Å². The van der Waals surface area contributed by atoms with Crippen LogP contribution in [0.2, 0.25) is 0 Å². The van der Waals surface area contributed by atoms with Crippen molar-refractivity contribution in [1.82, 2.24) is 0 Å². The molecule has 118 valence electrons. The molecule has 22 heavy (non-hydrogen) atoms. The number of hydrogen-bond acceptors (Lipinski definition) is 4. The minimum absolute atomic E-state index is 0.233. The average Bonchev–Trinajstić information content (AvgIpc) is 2.65. The Balaban J connectivity index is 2.40. The predicted octanol–water partition coefficient (Wildman–Crippen LogP) is 3.58. The van der Waals surface area contributed by atoms with Gasteiger partial charge in [0, 0.05) is 16.9 Å². The van der Waals surface area contributed by atoms with Gasteiger partial charge in [0.25, 0.3) is 0 Å². The fraction of sp³-hybridized carbons (Fsp3) is 0.438.